The number of sulfone groups is 1. The zero-order valence-corrected chi connectivity index (χ0v) is 14.6. The van der Waals surface area contributed by atoms with Gasteiger partial charge in [0.05, 0.1) is 5.75 Å². The first-order valence-corrected chi connectivity index (χ1v) is 9.96. The van der Waals surface area contributed by atoms with E-state index in [0.29, 0.717) is 13.0 Å². The number of rotatable bonds is 5. The molecule has 0 bridgehead atoms. The smallest absolute Gasteiger partial charge is 0.261 e. The Labute approximate surface area is 137 Å². The second kappa shape index (κ2) is 5.51. The lowest BCUT2D eigenvalue weighted by atomic mass is 10.0. The standard InChI is InChI=1S/C17H23NO4S/c1-11-6-13-8-15(22-14(13)7-12(11)2)16(19)18-9-17(4-5-17)10-23(3,20)21/h6-7,15H,4-5,8-10H2,1-3H3,(H,18,19). The highest BCUT2D eigenvalue weighted by molar-refractivity contribution is 7.90. The highest BCUT2D eigenvalue weighted by atomic mass is 32.2. The Morgan fingerprint density at radius 1 is 1.30 bits per heavy atom. The van der Waals surface area contributed by atoms with E-state index in [-0.39, 0.29) is 17.1 Å². The van der Waals surface area contributed by atoms with Crippen molar-refractivity contribution >= 4 is 15.7 Å². The molecule has 1 amide bonds. The van der Waals surface area contributed by atoms with Crippen LogP contribution in [0.4, 0.5) is 0 Å². The molecule has 6 heteroatoms. The lowest BCUT2D eigenvalue weighted by molar-refractivity contribution is -0.127. The van der Waals surface area contributed by atoms with Gasteiger partial charge in [-0.25, -0.2) is 8.42 Å². The summed E-state index contributed by atoms with van der Waals surface area (Å²) in [7, 11) is -3.02. The highest BCUT2D eigenvalue weighted by Gasteiger charge is 2.45. The zero-order chi connectivity index (χ0) is 16.8. The summed E-state index contributed by atoms with van der Waals surface area (Å²) in [6.07, 6.45) is 3.01. The molecule has 5 nitrogen and oxygen atoms in total. The van der Waals surface area contributed by atoms with Crippen molar-refractivity contribution < 1.29 is 17.9 Å². The Kier molecular flexibility index (Phi) is 3.91. The van der Waals surface area contributed by atoms with Crippen molar-refractivity contribution in [3.63, 3.8) is 0 Å². The van der Waals surface area contributed by atoms with Crippen molar-refractivity contribution in [2.24, 2.45) is 5.41 Å². The fourth-order valence-electron chi connectivity index (χ4n) is 3.15. The van der Waals surface area contributed by atoms with Crippen LogP contribution in [0.5, 0.6) is 5.75 Å². The van der Waals surface area contributed by atoms with Gasteiger partial charge in [-0.1, -0.05) is 6.07 Å². The van der Waals surface area contributed by atoms with Gasteiger partial charge in [0.1, 0.15) is 15.6 Å². The maximum absolute atomic E-state index is 12.3. The van der Waals surface area contributed by atoms with Crippen molar-refractivity contribution in [2.75, 3.05) is 18.6 Å². The van der Waals surface area contributed by atoms with E-state index < -0.39 is 15.9 Å². The van der Waals surface area contributed by atoms with Crippen molar-refractivity contribution in [3.05, 3.63) is 28.8 Å². The first-order chi connectivity index (χ1) is 10.7. The van der Waals surface area contributed by atoms with Crippen molar-refractivity contribution in [2.45, 2.75) is 39.2 Å². The molecule has 1 unspecified atom stereocenters. The van der Waals surface area contributed by atoms with Gasteiger partial charge in [-0.15, -0.1) is 0 Å². The van der Waals surface area contributed by atoms with Crippen LogP contribution in [-0.2, 0) is 21.1 Å². The fourth-order valence-corrected chi connectivity index (χ4v) is 4.66. The van der Waals surface area contributed by atoms with Crippen molar-refractivity contribution in [3.8, 4) is 5.75 Å². The Bertz CT molecular complexity index is 719. The van der Waals surface area contributed by atoms with Crippen LogP contribution in [0.3, 0.4) is 0 Å². The van der Waals surface area contributed by atoms with E-state index in [4.69, 9.17) is 4.74 Å². The first-order valence-electron chi connectivity index (χ1n) is 7.90. The molecule has 23 heavy (non-hydrogen) atoms. The van der Waals surface area contributed by atoms with Gasteiger partial charge in [0.2, 0.25) is 0 Å². The van der Waals surface area contributed by atoms with Crippen LogP contribution in [0.25, 0.3) is 0 Å². The van der Waals surface area contributed by atoms with Crippen LogP contribution in [0.1, 0.15) is 29.5 Å². The van der Waals surface area contributed by atoms with Gasteiger partial charge in [-0.3, -0.25) is 4.79 Å². The van der Waals surface area contributed by atoms with Gasteiger partial charge in [0, 0.05) is 24.6 Å². The molecule has 3 rings (SSSR count). The number of carbonyl (C=O) groups excluding carboxylic acids is 1. The van der Waals surface area contributed by atoms with E-state index >= 15 is 0 Å². The SMILES string of the molecule is Cc1cc2c(cc1C)OC(C(=O)NCC1(CS(C)(=O)=O)CC1)C2. The Morgan fingerprint density at radius 2 is 1.96 bits per heavy atom. The molecule has 1 N–H and O–H groups in total. The number of carbonyl (C=O) groups is 1. The molecular formula is C17H23NO4S. The molecular weight excluding hydrogens is 314 g/mol. The van der Waals surface area contributed by atoms with Crippen LogP contribution in [0, 0.1) is 19.3 Å². The normalized spacial score (nSPS) is 21.4. The summed E-state index contributed by atoms with van der Waals surface area (Å²) in [5.41, 5.74) is 3.14. The van der Waals surface area contributed by atoms with Gasteiger partial charge >= 0.3 is 0 Å². The predicted octanol–water partition coefficient (Wildman–Crippen LogP) is 1.55. The molecule has 2 aliphatic rings. The number of benzene rings is 1. The number of fused-ring (bicyclic) bond motifs is 1. The monoisotopic (exact) mass is 337 g/mol. The minimum Gasteiger partial charge on any atom is -0.480 e. The summed E-state index contributed by atoms with van der Waals surface area (Å²) in [6.45, 7) is 4.48. The zero-order valence-electron chi connectivity index (χ0n) is 13.8. The van der Waals surface area contributed by atoms with Crippen LogP contribution < -0.4 is 10.1 Å². The van der Waals surface area contributed by atoms with E-state index in [0.717, 1.165) is 29.7 Å². The largest absolute Gasteiger partial charge is 0.480 e. The third-order valence-electron chi connectivity index (χ3n) is 4.81. The maximum atomic E-state index is 12.3. The highest BCUT2D eigenvalue weighted by Crippen LogP contribution is 2.46. The third-order valence-corrected chi connectivity index (χ3v) is 5.94. The Balaban J connectivity index is 1.59. The summed E-state index contributed by atoms with van der Waals surface area (Å²) in [6, 6.07) is 4.05. The Morgan fingerprint density at radius 3 is 2.57 bits per heavy atom. The molecule has 1 aliphatic carbocycles. The van der Waals surface area contributed by atoms with E-state index in [2.05, 4.69) is 11.4 Å². The van der Waals surface area contributed by atoms with Gasteiger partial charge < -0.3 is 10.1 Å². The molecule has 0 aromatic heterocycles. The summed E-state index contributed by atoms with van der Waals surface area (Å²) in [5, 5.41) is 2.89. The van der Waals surface area contributed by atoms with Gasteiger partial charge in [-0.05, 0) is 49.4 Å². The van der Waals surface area contributed by atoms with E-state index in [1.807, 2.05) is 19.9 Å². The minimum absolute atomic E-state index is 0.143. The van der Waals surface area contributed by atoms with E-state index in [9.17, 15) is 13.2 Å². The number of hydrogen-bond donors (Lipinski definition) is 1. The van der Waals surface area contributed by atoms with Crippen LogP contribution in [-0.4, -0.2) is 39.0 Å². The molecule has 126 valence electrons. The predicted molar refractivity (Wildman–Crippen MR) is 88.4 cm³/mol. The molecule has 1 saturated carbocycles. The number of nitrogens with one attached hydrogen (secondary N) is 1. The second-order valence-electron chi connectivity index (χ2n) is 7.14. The number of amides is 1. The molecule has 1 atom stereocenters. The lowest BCUT2D eigenvalue weighted by Crippen LogP contribution is -2.41. The number of ether oxygens (including phenoxy) is 1. The van der Waals surface area contributed by atoms with E-state index in [1.54, 1.807) is 0 Å². The molecule has 1 aromatic carbocycles. The van der Waals surface area contributed by atoms with Crippen LogP contribution in [0.2, 0.25) is 0 Å². The van der Waals surface area contributed by atoms with Crippen LogP contribution >= 0.6 is 0 Å². The summed E-state index contributed by atoms with van der Waals surface area (Å²) in [5.74, 6) is 0.770. The maximum Gasteiger partial charge on any atom is 0.261 e. The van der Waals surface area contributed by atoms with Gasteiger partial charge in [0.25, 0.3) is 5.91 Å². The Hall–Kier alpha value is -1.56. The van der Waals surface area contributed by atoms with Crippen molar-refractivity contribution in [1.82, 2.24) is 5.32 Å². The number of aryl methyl sites for hydroxylation is 2. The molecule has 0 spiro atoms. The summed E-state index contributed by atoms with van der Waals surface area (Å²) >= 11 is 0. The molecule has 1 fully saturated rings. The quantitative estimate of drug-likeness (QED) is 0.885. The molecule has 1 aliphatic heterocycles. The van der Waals surface area contributed by atoms with Crippen LogP contribution in [0.15, 0.2) is 12.1 Å². The average molecular weight is 337 g/mol. The number of hydrogen-bond acceptors (Lipinski definition) is 4. The lowest BCUT2D eigenvalue weighted by Gasteiger charge is -2.17. The molecule has 0 saturated heterocycles. The van der Waals surface area contributed by atoms with E-state index in [1.165, 1.54) is 11.8 Å². The topological polar surface area (TPSA) is 72.5 Å². The average Bonchev–Trinajstić information content (AvgIpc) is 3.06. The summed E-state index contributed by atoms with van der Waals surface area (Å²) < 4.78 is 28.7. The first kappa shape index (κ1) is 16.3. The fraction of sp³-hybridized carbons (Fsp3) is 0.588. The third kappa shape index (κ3) is 3.68. The molecule has 0 radical (unpaired) electrons. The molecule has 1 heterocycles. The summed E-state index contributed by atoms with van der Waals surface area (Å²) in [4.78, 5) is 12.3. The molecule has 1 aromatic rings. The van der Waals surface area contributed by atoms with Gasteiger partial charge in [-0.2, -0.15) is 0 Å². The minimum atomic E-state index is -3.02. The van der Waals surface area contributed by atoms with Crippen molar-refractivity contribution in [1.29, 1.82) is 0 Å². The second-order valence-corrected chi connectivity index (χ2v) is 9.28. The van der Waals surface area contributed by atoms with Gasteiger partial charge in [0.15, 0.2) is 6.10 Å².